The molecule has 14 heteroatoms. The zero-order valence-corrected chi connectivity index (χ0v) is 36.2. The van der Waals surface area contributed by atoms with Gasteiger partial charge >= 0.3 is 0 Å². The molecule has 0 bridgehead atoms. The summed E-state index contributed by atoms with van der Waals surface area (Å²) in [6, 6.07) is 8.47. The topological polar surface area (TPSA) is 166 Å². The van der Waals surface area contributed by atoms with Gasteiger partial charge in [0.25, 0.3) is 17.4 Å². The lowest BCUT2D eigenvalue weighted by Gasteiger charge is -2.37. The number of imide groups is 2. The van der Waals surface area contributed by atoms with Gasteiger partial charge in [0.2, 0.25) is 11.8 Å². The van der Waals surface area contributed by atoms with Gasteiger partial charge in [-0.25, -0.2) is 9.97 Å². The van der Waals surface area contributed by atoms with Crippen LogP contribution in [-0.4, -0.2) is 96.8 Å². The number of anilines is 1. The zero-order chi connectivity index (χ0) is 43.4. The second kappa shape index (κ2) is 18.9. The molecule has 8 rings (SSSR count). The minimum atomic E-state index is -0.902. The number of aryl methyl sites for hydroxylation is 1. The van der Waals surface area contributed by atoms with Gasteiger partial charge in [0, 0.05) is 67.5 Å². The van der Waals surface area contributed by atoms with Crippen molar-refractivity contribution < 1.29 is 24.3 Å². The van der Waals surface area contributed by atoms with Crippen molar-refractivity contribution >= 4 is 47.5 Å². The Morgan fingerprint density at radius 3 is 2.33 bits per heavy atom. The van der Waals surface area contributed by atoms with E-state index in [1.807, 2.05) is 32.3 Å². The van der Waals surface area contributed by atoms with Gasteiger partial charge in [-0.3, -0.25) is 34.3 Å². The molecule has 0 spiro atoms. The van der Waals surface area contributed by atoms with E-state index in [1.165, 1.54) is 45.1 Å². The van der Waals surface area contributed by atoms with Crippen LogP contribution >= 0.6 is 0 Å². The fourth-order valence-electron chi connectivity index (χ4n) is 9.29. The number of nitrogens with zero attached hydrogens (tertiary/aromatic N) is 8. The van der Waals surface area contributed by atoms with Crippen LogP contribution in [0.4, 0.5) is 11.5 Å². The molecule has 2 saturated heterocycles. The summed E-state index contributed by atoms with van der Waals surface area (Å²) in [5, 5.41) is 14.2. The van der Waals surface area contributed by atoms with Crippen molar-refractivity contribution in [3.8, 4) is 11.4 Å². The molecule has 61 heavy (non-hydrogen) atoms. The number of nitrogens with one attached hydrogen (secondary N) is 1. The summed E-state index contributed by atoms with van der Waals surface area (Å²) >= 11 is 0. The number of carbonyl (C=O) groups is 4. The molecule has 2 atom stereocenters. The fourth-order valence-corrected chi connectivity index (χ4v) is 9.29. The van der Waals surface area contributed by atoms with Crippen molar-refractivity contribution in [3.63, 3.8) is 0 Å². The number of piperazine rings is 1. The first-order valence-corrected chi connectivity index (χ1v) is 21.9. The highest BCUT2D eigenvalue weighted by molar-refractivity contribution is 6.23. The number of rotatable bonds is 10. The molecule has 2 aromatic rings. The van der Waals surface area contributed by atoms with E-state index in [0.29, 0.717) is 28.6 Å². The van der Waals surface area contributed by atoms with Gasteiger partial charge in [0.05, 0.1) is 28.8 Å². The van der Waals surface area contributed by atoms with Crippen LogP contribution in [0.3, 0.4) is 0 Å². The van der Waals surface area contributed by atoms with Gasteiger partial charge in [0.15, 0.2) is 5.82 Å². The predicted molar refractivity (Wildman–Crippen MR) is 235 cm³/mol. The minimum absolute atomic E-state index is 0.128. The van der Waals surface area contributed by atoms with Crippen molar-refractivity contribution in [2.45, 2.75) is 111 Å². The van der Waals surface area contributed by atoms with Crippen LogP contribution in [0.5, 0.6) is 0 Å². The molecule has 3 fully saturated rings. The smallest absolute Gasteiger partial charge is 0.262 e. The number of hydrogen-bond acceptors (Lipinski definition) is 11. The fraction of sp³-hybridized carbons (Fsp3) is 0.489. The maximum Gasteiger partial charge on any atom is 0.262 e. The van der Waals surface area contributed by atoms with E-state index in [9.17, 15) is 24.3 Å². The van der Waals surface area contributed by atoms with Crippen LogP contribution in [0.2, 0.25) is 0 Å². The lowest BCUT2D eigenvalue weighted by Crippen LogP contribution is -2.54. The Balaban J connectivity index is 0.000000233. The predicted octanol–water partition coefficient (Wildman–Crippen LogP) is 5.26. The molecule has 1 aliphatic carbocycles. The second-order valence-electron chi connectivity index (χ2n) is 16.9. The van der Waals surface area contributed by atoms with Gasteiger partial charge in [-0.1, -0.05) is 64.2 Å². The van der Waals surface area contributed by atoms with Gasteiger partial charge in [-0.15, -0.1) is 0 Å². The van der Waals surface area contributed by atoms with Gasteiger partial charge in [0.1, 0.15) is 11.9 Å². The molecule has 0 radical (unpaired) electrons. The van der Waals surface area contributed by atoms with Crippen LogP contribution in [0.1, 0.15) is 123 Å². The third kappa shape index (κ3) is 9.29. The maximum atomic E-state index is 12.3. The number of pyridine rings is 2. The van der Waals surface area contributed by atoms with E-state index < -0.39 is 23.8 Å². The average Bonchev–Trinajstić information content (AvgIpc) is 3.86. The highest BCUT2D eigenvalue weighted by Gasteiger charge is 2.44. The van der Waals surface area contributed by atoms with E-state index in [1.54, 1.807) is 25.1 Å². The van der Waals surface area contributed by atoms with Crippen molar-refractivity contribution in [2.24, 2.45) is 10.9 Å². The number of fused-ring (bicyclic) bond motifs is 2. The molecule has 322 valence electrons. The highest BCUT2D eigenvalue weighted by Crippen LogP contribution is 2.32. The SMILES string of the molecule is C=c1/c(=C(\C)O)c(C)c2cnc(=Nc3ccc(N4CCN(CC(CC)CCCC)CC4)cn3)nc-2n1C1CCCC1.Cc1ccc2c(c1)C(=O)N(C1CCC(=O)NC1=O)C2=O. The summed E-state index contributed by atoms with van der Waals surface area (Å²) in [6.45, 7) is 20.0. The van der Waals surface area contributed by atoms with Gasteiger partial charge < -0.3 is 14.6 Å². The van der Waals surface area contributed by atoms with Crippen molar-refractivity contribution in [3.05, 3.63) is 81.2 Å². The standard InChI is InChI=1S/C33H47N7O.C14H12N2O4/c1-6-8-11-26(7-2)22-38-16-18-39(19-17-38)28-14-15-30(34-20-28)36-33-35-21-29-23(3)31(25(5)41)24(4)40(32(29)37-33)27-12-9-10-13-27;1-7-2-3-8-9(6-7)14(20)16(13(8)19)10-4-5-11(17)15-12(10)18/h14-15,20-21,26-27,41H,4,6-13,16-19,22H2,1-3,5H3;2-3,6,10H,4-5H2,1H3,(H,15,17,18)/b31-25+,36-33?;. The maximum absolute atomic E-state index is 12.3. The van der Waals surface area contributed by atoms with Crippen molar-refractivity contribution in [1.82, 2.24) is 34.6 Å². The summed E-state index contributed by atoms with van der Waals surface area (Å²) in [4.78, 5) is 72.4. The second-order valence-corrected chi connectivity index (χ2v) is 16.9. The summed E-state index contributed by atoms with van der Waals surface area (Å²) in [7, 11) is 0. The molecule has 1 saturated carbocycles. The number of aliphatic hydroxyl groups is 1. The van der Waals surface area contributed by atoms with E-state index in [0.717, 1.165) is 88.6 Å². The zero-order valence-electron chi connectivity index (χ0n) is 36.2. The number of carbonyl (C=O) groups excluding carboxylic acids is 4. The number of aliphatic hydroxyl groups excluding tert-OH is 1. The summed E-state index contributed by atoms with van der Waals surface area (Å²) in [5.74, 6) is 0.611. The molecule has 4 amide bonds. The Hall–Kier alpha value is -5.76. The molecular weight excluding hydrogens is 771 g/mol. The third-order valence-corrected chi connectivity index (χ3v) is 12.7. The van der Waals surface area contributed by atoms with E-state index in [2.05, 4.69) is 56.1 Å². The normalized spacial score (nSPS) is 19.9. The molecule has 2 N–H and O–H groups in total. The first-order chi connectivity index (χ1) is 29.4. The third-order valence-electron chi connectivity index (χ3n) is 12.7. The molecule has 6 aliphatic rings. The summed E-state index contributed by atoms with van der Waals surface area (Å²) < 4.78 is 2.20. The number of unbranched alkanes of at least 4 members (excludes halogenated alkanes) is 1. The monoisotopic (exact) mass is 829 g/mol. The lowest BCUT2D eigenvalue weighted by molar-refractivity contribution is -0.136. The summed E-state index contributed by atoms with van der Waals surface area (Å²) in [6.07, 6.45) is 13.9. The van der Waals surface area contributed by atoms with Crippen molar-refractivity contribution in [1.29, 1.82) is 0 Å². The van der Waals surface area contributed by atoms with Crippen LogP contribution in [0.15, 0.2) is 47.7 Å². The van der Waals surface area contributed by atoms with Gasteiger partial charge in [-0.05, 0) is 82.2 Å². The number of hydrogen-bond donors (Lipinski definition) is 2. The quantitative estimate of drug-likeness (QED) is 0.201. The Bertz CT molecular complexity index is 2450. The van der Waals surface area contributed by atoms with Crippen LogP contribution in [0.25, 0.3) is 23.7 Å². The average molecular weight is 830 g/mol. The molecule has 1 aromatic carbocycles. The first-order valence-electron chi connectivity index (χ1n) is 21.9. The summed E-state index contributed by atoms with van der Waals surface area (Å²) in [5.41, 5.74) is 4.90. The Labute approximate surface area is 357 Å². The lowest BCUT2D eigenvalue weighted by atomic mass is 9.98. The molecule has 2 unspecified atom stereocenters. The number of piperidine rings is 1. The first kappa shape index (κ1) is 43.3. The van der Waals surface area contributed by atoms with Crippen LogP contribution in [-0.2, 0) is 9.59 Å². The molecule has 6 heterocycles. The largest absolute Gasteiger partial charge is 0.512 e. The number of aromatic nitrogens is 4. The van der Waals surface area contributed by atoms with E-state index in [-0.39, 0.29) is 24.5 Å². The minimum Gasteiger partial charge on any atom is -0.512 e. The van der Waals surface area contributed by atoms with Gasteiger partial charge in [-0.2, -0.15) is 9.98 Å². The number of amides is 4. The molecular formula is C47H59N9O5. The van der Waals surface area contributed by atoms with Crippen LogP contribution in [0, 0.1) is 19.8 Å². The molecule has 14 nitrogen and oxygen atoms in total. The van der Waals surface area contributed by atoms with Crippen LogP contribution < -0.4 is 26.4 Å². The van der Waals surface area contributed by atoms with E-state index in [4.69, 9.17) is 9.98 Å². The molecule has 1 aromatic heterocycles. The Morgan fingerprint density at radius 1 is 0.934 bits per heavy atom. The van der Waals surface area contributed by atoms with Crippen molar-refractivity contribution in [2.75, 3.05) is 37.6 Å². The molecule has 5 aliphatic heterocycles. The highest BCUT2D eigenvalue weighted by atomic mass is 16.3. The Kier molecular flexibility index (Phi) is 13.4. The van der Waals surface area contributed by atoms with E-state index >= 15 is 0 Å². The number of benzene rings is 1. The Morgan fingerprint density at radius 2 is 1.67 bits per heavy atom.